The number of ether oxygens (including phenoxy) is 1. The van der Waals surface area contributed by atoms with Crippen LogP contribution in [0.1, 0.15) is 21.8 Å². The summed E-state index contributed by atoms with van der Waals surface area (Å²) >= 11 is 0. The maximum atomic E-state index is 12.1. The van der Waals surface area contributed by atoms with Crippen LogP contribution < -0.4 is 10.5 Å². The lowest BCUT2D eigenvalue weighted by molar-refractivity contribution is 0.0732. The van der Waals surface area contributed by atoms with Crippen molar-refractivity contribution in [1.82, 2.24) is 20.6 Å². The quantitative estimate of drug-likeness (QED) is 0.559. The molecule has 2 aromatic heterocycles. The number of aromatic nitrogens is 4. The molecule has 22 heavy (non-hydrogen) atoms. The first-order chi connectivity index (χ1) is 10.6. The highest BCUT2D eigenvalue weighted by Crippen LogP contribution is 2.24. The Morgan fingerprint density at radius 3 is 2.55 bits per heavy atom. The summed E-state index contributed by atoms with van der Waals surface area (Å²) in [5.41, 5.74) is 7.85. The van der Waals surface area contributed by atoms with Crippen molar-refractivity contribution in [1.29, 1.82) is 0 Å². The van der Waals surface area contributed by atoms with Gasteiger partial charge in [0.25, 0.3) is 0 Å². The van der Waals surface area contributed by atoms with Crippen LogP contribution in [0.4, 0.5) is 5.82 Å². The van der Waals surface area contributed by atoms with E-state index < -0.39 is 5.97 Å². The van der Waals surface area contributed by atoms with Gasteiger partial charge in [-0.3, -0.25) is 0 Å². The van der Waals surface area contributed by atoms with E-state index in [0.29, 0.717) is 34.3 Å². The van der Waals surface area contributed by atoms with E-state index in [1.807, 2.05) is 0 Å². The van der Waals surface area contributed by atoms with Crippen LogP contribution in [0.5, 0.6) is 5.75 Å². The fraction of sp³-hybridized carbons (Fsp3) is 0.143. The normalized spacial score (nSPS) is 10.6. The molecule has 2 heterocycles. The summed E-state index contributed by atoms with van der Waals surface area (Å²) < 4.78 is 10.3. The molecular weight excluding hydrogens is 286 g/mol. The van der Waals surface area contributed by atoms with Crippen LogP contribution in [0.2, 0.25) is 0 Å². The first-order valence-electron chi connectivity index (χ1n) is 6.48. The predicted molar refractivity (Wildman–Crippen MR) is 77.2 cm³/mol. The second-order valence-corrected chi connectivity index (χ2v) is 4.69. The molecule has 0 aliphatic rings. The first kappa shape index (κ1) is 13.8. The Morgan fingerprint density at radius 1 is 1.27 bits per heavy atom. The average Bonchev–Trinajstić information content (AvgIpc) is 3.06. The van der Waals surface area contributed by atoms with Crippen molar-refractivity contribution in [2.75, 3.05) is 5.73 Å². The van der Waals surface area contributed by atoms with Crippen molar-refractivity contribution in [2.24, 2.45) is 0 Å². The number of carbonyl (C=O) groups excluding carboxylic acids is 1. The number of nitrogens with zero attached hydrogens (tertiary/aromatic N) is 3. The van der Waals surface area contributed by atoms with Crippen molar-refractivity contribution in [3.05, 3.63) is 41.3 Å². The highest BCUT2D eigenvalue weighted by Gasteiger charge is 2.19. The number of nitrogens with one attached hydrogen (secondary N) is 1. The monoisotopic (exact) mass is 299 g/mol. The van der Waals surface area contributed by atoms with Crippen molar-refractivity contribution >= 4 is 11.8 Å². The van der Waals surface area contributed by atoms with Gasteiger partial charge in [-0.15, -0.1) is 5.10 Å². The highest BCUT2D eigenvalue weighted by atomic mass is 16.5. The minimum Gasteiger partial charge on any atom is -0.423 e. The first-order valence-corrected chi connectivity index (χ1v) is 6.48. The highest BCUT2D eigenvalue weighted by molar-refractivity contribution is 5.93. The van der Waals surface area contributed by atoms with Gasteiger partial charge in [0.15, 0.2) is 0 Å². The number of anilines is 1. The number of rotatable bonds is 3. The smallest absolute Gasteiger partial charge is 0.349 e. The summed E-state index contributed by atoms with van der Waals surface area (Å²) in [6.45, 7) is 3.34. The summed E-state index contributed by atoms with van der Waals surface area (Å²) in [5, 5.41) is 13.8. The Labute approximate surface area is 125 Å². The van der Waals surface area contributed by atoms with E-state index in [2.05, 4.69) is 20.6 Å². The summed E-state index contributed by atoms with van der Waals surface area (Å²) in [5.74, 6) is 0.690. The molecule has 0 aliphatic carbocycles. The van der Waals surface area contributed by atoms with E-state index in [1.54, 1.807) is 38.1 Å². The molecule has 0 aliphatic heterocycles. The number of benzene rings is 1. The average molecular weight is 299 g/mol. The molecule has 0 saturated carbocycles. The molecule has 0 fully saturated rings. The Bertz CT molecular complexity index is 800. The predicted octanol–water partition coefficient (Wildman–Crippen LogP) is 1.88. The van der Waals surface area contributed by atoms with Crippen molar-refractivity contribution in [3.63, 3.8) is 0 Å². The molecule has 1 aromatic carbocycles. The third kappa shape index (κ3) is 2.41. The van der Waals surface area contributed by atoms with Gasteiger partial charge in [0, 0.05) is 5.56 Å². The fourth-order valence-corrected chi connectivity index (χ4v) is 2.06. The number of hydrogen-bond acceptors (Lipinski definition) is 7. The standard InChI is InChI=1S/C14H13N5O3/c1-7-11(8(2)22-18-7)14(20)21-10-5-3-9(4-6-10)12-13(15)17-19-16-12/h3-6H,1-2H3,(H3,15,16,17,19). The second kappa shape index (κ2) is 5.32. The van der Waals surface area contributed by atoms with Gasteiger partial charge in [0.2, 0.25) is 0 Å². The number of aromatic amines is 1. The molecule has 8 nitrogen and oxygen atoms in total. The molecule has 3 rings (SSSR count). The topological polar surface area (TPSA) is 120 Å². The van der Waals surface area contributed by atoms with E-state index in [4.69, 9.17) is 15.0 Å². The van der Waals surface area contributed by atoms with Gasteiger partial charge in [0.05, 0.1) is 5.69 Å². The Kier molecular flexibility index (Phi) is 3.34. The van der Waals surface area contributed by atoms with Gasteiger partial charge in [-0.2, -0.15) is 0 Å². The number of hydrogen-bond donors (Lipinski definition) is 2. The number of nitrogens with two attached hydrogens (primary N) is 1. The molecule has 0 unspecified atom stereocenters. The third-order valence-electron chi connectivity index (χ3n) is 3.15. The lowest BCUT2D eigenvalue weighted by Crippen LogP contribution is -2.10. The summed E-state index contributed by atoms with van der Waals surface area (Å²) in [7, 11) is 0. The molecule has 3 N–H and O–H groups in total. The fourth-order valence-electron chi connectivity index (χ4n) is 2.06. The van der Waals surface area contributed by atoms with E-state index in [9.17, 15) is 4.79 Å². The lowest BCUT2D eigenvalue weighted by Gasteiger charge is -2.04. The van der Waals surface area contributed by atoms with Crippen LogP contribution in [-0.2, 0) is 0 Å². The van der Waals surface area contributed by atoms with E-state index in [1.165, 1.54) is 0 Å². The minimum atomic E-state index is -0.509. The largest absolute Gasteiger partial charge is 0.423 e. The molecule has 0 atom stereocenters. The molecular formula is C14H13N5O3. The van der Waals surface area contributed by atoms with Gasteiger partial charge in [-0.1, -0.05) is 10.4 Å². The summed E-state index contributed by atoms with van der Waals surface area (Å²) in [6.07, 6.45) is 0. The summed E-state index contributed by atoms with van der Waals surface area (Å²) in [6, 6.07) is 6.79. The Hall–Kier alpha value is -3.16. The number of carbonyl (C=O) groups is 1. The molecule has 0 bridgehead atoms. The van der Waals surface area contributed by atoms with E-state index in [0.717, 1.165) is 5.56 Å². The zero-order valence-electron chi connectivity index (χ0n) is 12.0. The van der Waals surface area contributed by atoms with Crippen LogP contribution in [-0.4, -0.2) is 26.5 Å². The SMILES string of the molecule is Cc1noc(C)c1C(=O)Oc1ccc(-c2nn[nH]c2N)cc1. The maximum absolute atomic E-state index is 12.1. The molecule has 3 aromatic rings. The molecule has 0 saturated heterocycles. The number of esters is 1. The Morgan fingerprint density at radius 2 is 2.00 bits per heavy atom. The van der Waals surface area contributed by atoms with Gasteiger partial charge < -0.3 is 15.0 Å². The maximum Gasteiger partial charge on any atom is 0.349 e. The molecule has 0 amide bonds. The molecule has 8 heteroatoms. The lowest BCUT2D eigenvalue weighted by atomic mass is 10.1. The zero-order valence-corrected chi connectivity index (χ0v) is 12.0. The van der Waals surface area contributed by atoms with Gasteiger partial charge >= 0.3 is 5.97 Å². The Balaban J connectivity index is 1.80. The van der Waals surface area contributed by atoms with Crippen LogP contribution in [0.3, 0.4) is 0 Å². The van der Waals surface area contributed by atoms with Crippen LogP contribution in [0.15, 0.2) is 28.8 Å². The molecule has 112 valence electrons. The number of aryl methyl sites for hydroxylation is 2. The van der Waals surface area contributed by atoms with Crippen molar-refractivity contribution < 1.29 is 14.1 Å². The minimum absolute atomic E-state index is 0.338. The molecule has 0 radical (unpaired) electrons. The van der Waals surface area contributed by atoms with Crippen LogP contribution in [0, 0.1) is 13.8 Å². The summed E-state index contributed by atoms with van der Waals surface area (Å²) in [4.78, 5) is 12.1. The van der Waals surface area contributed by atoms with Crippen LogP contribution in [0.25, 0.3) is 11.3 Å². The number of H-pyrrole nitrogens is 1. The molecule has 0 spiro atoms. The zero-order chi connectivity index (χ0) is 15.7. The van der Waals surface area contributed by atoms with Gasteiger partial charge in [0.1, 0.15) is 28.6 Å². The van der Waals surface area contributed by atoms with Gasteiger partial charge in [-0.25, -0.2) is 9.89 Å². The second-order valence-electron chi connectivity index (χ2n) is 4.69. The van der Waals surface area contributed by atoms with Gasteiger partial charge in [-0.05, 0) is 38.1 Å². The van der Waals surface area contributed by atoms with E-state index in [-0.39, 0.29) is 0 Å². The van der Waals surface area contributed by atoms with Crippen LogP contribution >= 0.6 is 0 Å². The van der Waals surface area contributed by atoms with E-state index >= 15 is 0 Å². The van der Waals surface area contributed by atoms with Crippen molar-refractivity contribution in [2.45, 2.75) is 13.8 Å². The van der Waals surface area contributed by atoms with Crippen molar-refractivity contribution in [3.8, 4) is 17.0 Å². The number of nitrogen functional groups attached to an aromatic ring is 1. The third-order valence-corrected chi connectivity index (χ3v) is 3.15.